The molecule has 10 nitrogen and oxygen atoms in total. The Hall–Kier alpha value is -5.05. The fourth-order valence-corrected chi connectivity index (χ4v) is 4.29. The van der Waals surface area contributed by atoms with Gasteiger partial charge in [-0.25, -0.2) is 9.59 Å². The summed E-state index contributed by atoms with van der Waals surface area (Å²) in [6, 6.07) is 23.5. The van der Waals surface area contributed by atoms with Gasteiger partial charge in [0.2, 0.25) is 0 Å². The molecule has 3 aromatic rings. The first kappa shape index (κ1) is 27.0. The minimum Gasteiger partial charge on any atom is -0.466 e. The SMILES string of the molecule is COC(=O)C1=C(C(=O)OC)N(c2ccc(Oc3ccc(B(O)O)cc3)cc2)C(N)=C(C#N)C1c1ccccc1. The molecule has 0 aromatic heterocycles. The lowest BCUT2D eigenvalue weighted by molar-refractivity contribution is -0.139. The molecule has 0 saturated carbocycles. The molecule has 11 heteroatoms. The third-order valence-corrected chi connectivity index (χ3v) is 6.12. The van der Waals surface area contributed by atoms with Gasteiger partial charge in [0, 0.05) is 5.69 Å². The van der Waals surface area contributed by atoms with E-state index in [2.05, 4.69) is 6.07 Å². The van der Waals surface area contributed by atoms with E-state index in [1.165, 1.54) is 31.3 Å². The van der Waals surface area contributed by atoms with Crippen molar-refractivity contribution in [3.05, 3.63) is 107 Å². The van der Waals surface area contributed by atoms with Crippen LogP contribution in [-0.2, 0) is 19.1 Å². The van der Waals surface area contributed by atoms with E-state index in [4.69, 9.17) is 19.9 Å². The number of rotatable bonds is 7. The van der Waals surface area contributed by atoms with E-state index in [1.54, 1.807) is 66.7 Å². The Morgan fingerprint density at radius 3 is 1.97 bits per heavy atom. The summed E-state index contributed by atoms with van der Waals surface area (Å²) in [5.41, 5.74) is 7.53. The van der Waals surface area contributed by atoms with Gasteiger partial charge in [0.05, 0.1) is 37.4 Å². The second kappa shape index (κ2) is 11.6. The average Bonchev–Trinajstić information content (AvgIpc) is 2.97. The van der Waals surface area contributed by atoms with E-state index in [-0.39, 0.29) is 22.7 Å². The first-order chi connectivity index (χ1) is 18.8. The Morgan fingerprint density at radius 1 is 0.897 bits per heavy atom. The topological polar surface area (TPSA) is 155 Å². The molecule has 1 unspecified atom stereocenters. The molecule has 0 aliphatic carbocycles. The van der Waals surface area contributed by atoms with Gasteiger partial charge in [-0.15, -0.1) is 0 Å². The van der Waals surface area contributed by atoms with Crippen LogP contribution in [-0.4, -0.2) is 43.3 Å². The molecule has 1 heterocycles. The Kier molecular flexibility index (Phi) is 8.00. The van der Waals surface area contributed by atoms with Crippen LogP contribution in [0.4, 0.5) is 5.69 Å². The maximum Gasteiger partial charge on any atom is 0.488 e. The van der Waals surface area contributed by atoms with E-state index in [1.807, 2.05) is 0 Å². The van der Waals surface area contributed by atoms with Crippen molar-refractivity contribution in [2.45, 2.75) is 5.92 Å². The second-order valence-corrected chi connectivity index (χ2v) is 8.37. The van der Waals surface area contributed by atoms with Crippen LogP contribution in [0, 0.1) is 11.3 Å². The minimum atomic E-state index is -1.59. The molecule has 196 valence electrons. The number of allylic oxidation sites excluding steroid dienone is 1. The molecule has 1 aliphatic heterocycles. The van der Waals surface area contributed by atoms with E-state index in [0.717, 1.165) is 0 Å². The lowest BCUT2D eigenvalue weighted by Gasteiger charge is -2.35. The van der Waals surface area contributed by atoms with E-state index >= 15 is 0 Å². The Labute approximate surface area is 224 Å². The largest absolute Gasteiger partial charge is 0.488 e. The maximum absolute atomic E-state index is 13.1. The first-order valence-corrected chi connectivity index (χ1v) is 11.7. The smallest absolute Gasteiger partial charge is 0.466 e. The highest BCUT2D eigenvalue weighted by Crippen LogP contribution is 2.43. The summed E-state index contributed by atoms with van der Waals surface area (Å²) < 4.78 is 15.9. The van der Waals surface area contributed by atoms with Gasteiger partial charge >= 0.3 is 19.1 Å². The molecule has 4 rings (SSSR count). The van der Waals surface area contributed by atoms with Crippen molar-refractivity contribution >= 4 is 30.2 Å². The van der Waals surface area contributed by atoms with Crippen LogP contribution in [0.2, 0.25) is 0 Å². The summed E-state index contributed by atoms with van der Waals surface area (Å²) in [5, 5.41) is 28.6. The highest BCUT2D eigenvalue weighted by Gasteiger charge is 2.42. The second-order valence-electron chi connectivity index (χ2n) is 8.37. The van der Waals surface area contributed by atoms with Crippen molar-refractivity contribution in [2.24, 2.45) is 5.73 Å². The monoisotopic (exact) mass is 525 g/mol. The predicted octanol–water partition coefficient (Wildman–Crippen LogP) is 2.06. The van der Waals surface area contributed by atoms with Gasteiger partial charge in [-0.3, -0.25) is 4.90 Å². The van der Waals surface area contributed by atoms with Gasteiger partial charge in [-0.1, -0.05) is 42.5 Å². The molecule has 0 radical (unpaired) electrons. The van der Waals surface area contributed by atoms with Crippen molar-refractivity contribution in [1.82, 2.24) is 0 Å². The van der Waals surface area contributed by atoms with Crippen LogP contribution in [0.1, 0.15) is 11.5 Å². The number of hydrogen-bond donors (Lipinski definition) is 3. The molecule has 1 atom stereocenters. The number of nitrogens with two attached hydrogens (primary N) is 1. The fraction of sp³-hybridized carbons (Fsp3) is 0.107. The van der Waals surface area contributed by atoms with Crippen LogP contribution >= 0.6 is 0 Å². The number of nitrogens with zero attached hydrogens (tertiary/aromatic N) is 2. The van der Waals surface area contributed by atoms with Crippen LogP contribution in [0.5, 0.6) is 11.5 Å². The molecule has 0 fully saturated rings. The number of ether oxygens (including phenoxy) is 3. The van der Waals surface area contributed by atoms with Gasteiger partial charge in [-0.2, -0.15) is 5.26 Å². The summed E-state index contributed by atoms with van der Waals surface area (Å²) in [5.74, 6) is -1.79. The molecule has 1 aliphatic rings. The Balaban J connectivity index is 1.80. The maximum atomic E-state index is 13.1. The van der Waals surface area contributed by atoms with Crippen molar-refractivity contribution < 1.29 is 33.8 Å². The number of anilines is 1. The summed E-state index contributed by atoms with van der Waals surface area (Å²) in [7, 11) is 0.773. The molecule has 3 aromatic carbocycles. The minimum absolute atomic E-state index is 0.0498. The normalized spacial score (nSPS) is 14.9. The zero-order chi connectivity index (χ0) is 28.1. The summed E-state index contributed by atoms with van der Waals surface area (Å²) in [6.07, 6.45) is 0. The predicted molar refractivity (Wildman–Crippen MR) is 142 cm³/mol. The Bertz CT molecular complexity index is 1480. The van der Waals surface area contributed by atoms with Gasteiger partial charge < -0.3 is 30.0 Å². The first-order valence-electron chi connectivity index (χ1n) is 11.7. The molecule has 4 N–H and O–H groups in total. The van der Waals surface area contributed by atoms with Crippen LogP contribution in [0.3, 0.4) is 0 Å². The van der Waals surface area contributed by atoms with Crippen LogP contribution in [0.25, 0.3) is 0 Å². The zero-order valence-electron chi connectivity index (χ0n) is 21.1. The summed E-state index contributed by atoms with van der Waals surface area (Å²) in [6.45, 7) is 0. The molecule has 0 amide bonds. The molecular weight excluding hydrogens is 501 g/mol. The van der Waals surface area contributed by atoms with E-state index in [9.17, 15) is 24.9 Å². The van der Waals surface area contributed by atoms with Gasteiger partial charge in [0.15, 0.2) is 0 Å². The molecular formula is C28H24BN3O7. The number of esters is 2. The molecule has 0 bridgehead atoms. The van der Waals surface area contributed by atoms with Gasteiger partial charge in [-0.05, 0) is 47.4 Å². The lowest BCUT2D eigenvalue weighted by Crippen LogP contribution is -2.40. The molecule has 0 saturated heterocycles. The van der Waals surface area contributed by atoms with Gasteiger partial charge in [0.25, 0.3) is 0 Å². The standard InChI is InChI=1S/C28H24BN3O7/c1-37-27(33)24-23(17-6-4-3-5-7-17)22(16-30)26(31)32(25(24)28(34)38-2)19-10-14-21(15-11-19)39-20-12-8-18(9-13-20)29(35)36/h3-15,23,35-36H,31H2,1-2H3. The van der Waals surface area contributed by atoms with Crippen molar-refractivity contribution in [3.8, 4) is 17.6 Å². The Morgan fingerprint density at radius 2 is 1.46 bits per heavy atom. The van der Waals surface area contributed by atoms with Crippen molar-refractivity contribution in [1.29, 1.82) is 5.26 Å². The number of hydrogen-bond acceptors (Lipinski definition) is 10. The van der Waals surface area contributed by atoms with Crippen LogP contribution in [0.15, 0.2) is 102 Å². The van der Waals surface area contributed by atoms with Crippen LogP contribution < -0.4 is 20.8 Å². The average molecular weight is 525 g/mol. The van der Waals surface area contributed by atoms with Crippen molar-refractivity contribution in [2.75, 3.05) is 19.1 Å². The fourth-order valence-electron chi connectivity index (χ4n) is 4.29. The quantitative estimate of drug-likeness (QED) is 0.308. The third kappa shape index (κ3) is 5.33. The molecule has 0 spiro atoms. The van der Waals surface area contributed by atoms with Crippen molar-refractivity contribution in [3.63, 3.8) is 0 Å². The highest BCUT2D eigenvalue weighted by molar-refractivity contribution is 6.58. The number of carbonyl (C=O) groups is 2. The third-order valence-electron chi connectivity index (χ3n) is 6.12. The summed E-state index contributed by atoms with van der Waals surface area (Å²) >= 11 is 0. The summed E-state index contributed by atoms with van der Waals surface area (Å²) in [4.78, 5) is 27.5. The number of methoxy groups -OCH3 is 2. The van der Waals surface area contributed by atoms with E-state index < -0.39 is 25.0 Å². The van der Waals surface area contributed by atoms with E-state index in [0.29, 0.717) is 28.2 Å². The number of nitriles is 1. The zero-order valence-corrected chi connectivity index (χ0v) is 21.1. The van der Waals surface area contributed by atoms with Gasteiger partial charge in [0.1, 0.15) is 23.0 Å². The molecule has 39 heavy (non-hydrogen) atoms. The number of benzene rings is 3. The number of carbonyl (C=O) groups excluding carboxylic acids is 2. The highest BCUT2D eigenvalue weighted by atomic mass is 16.5. The lowest BCUT2D eigenvalue weighted by atomic mass is 9.80.